The van der Waals surface area contributed by atoms with E-state index in [9.17, 15) is 9.59 Å². The quantitative estimate of drug-likeness (QED) is 0.922. The molecule has 0 bridgehead atoms. The Kier molecular flexibility index (Phi) is 4.42. The zero-order valence-corrected chi connectivity index (χ0v) is 14.6. The first-order chi connectivity index (χ1) is 12.6. The van der Waals surface area contributed by atoms with Crippen molar-refractivity contribution in [2.45, 2.75) is 18.3 Å². The Morgan fingerprint density at radius 2 is 2.15 bits per heavy atom. The van der Waals surface area contributed by atoms with Gasteiger partial charge in [-0.25, -0.2) is 4.98 Å². The summed E-state index contributed by atoms with van der Waals surface area (Å²) in [6.07, 6.45) is 2.70. The molecule has 0 saturated carbocycles. The Balaban J connectivity index is 1.56. The second-order valence-electron chi connectivity index (χ2n) is 6.85. The van der Waals surface area contributed by atoms with Gasteiger partial charge in [0, 0.05) is 37.9 Å². The Bertz CT molecular complexity index is 846. The highest BCUT2D eigenvalue weighted by atomic mass is 16.5. The lowest BCUT2D eigenvalue weighted by atomic mass is 9.89. The predicted octanol–water partition coefficient (Wildman–Crippen LogP) is 2.39. The van der Waals surface area contributed by atoms with Crippen molar-refractivity contribution in [3.8, 4) is 0 Å². The lowest BCUT2D eigenvalue weighted by molar-refractivity contribution is -0.118. The van der Waals surface area contributed by atoms with Crippen LogP contribution in [-0.4, -0.2) is 48.5 Å². The van der Waals surface area contributed by atoms with E-state index in [1.165, 1.54) is 0 Å². The minimum Gasteiger partial charge on any atom is -0.381 e. The van der Waals surface area contributed by atoms with E-state index in [2.05, 4.69) is 10.3 Å². The molecule has 2 atom stereocenters. The summed E-state index contributed by atoms with van der Waals surface area (Å²) < 4.78 is 5.44. The zero-order valence-electron chi connectivity index (χ0n) is 14.6. The van der Waals surface area contributed by atoms with Gasteiger partial charge in [-0.2, -0.15) is 0 Å². The van der Waals surface area contributed by atoms with E-state index < -0.39 is 5.92 Å². The molecule has 6 heteroatoms. The summed E-state index contributed by atoms with van der Waals surface area (Å²) in [6, 6.07) is 11.2. The summed E-state index contributed by atoms with van der Waals surface area (Å²) >= 11 is 0. The van der Waals surface area contributed by atoms with E-state index in [1.54, 1.807) is 24.2 Å². The summed E-state index contributed by atoms with van der Waals surface area (Å²) in [5.74, 6) is 0.286. The highest BCUT2D eigenvalue weighted by Gasteiger charge is 2.33. The Morgan fingerprint density at radius 1 is 1.31 bits per heavy atom. The van der Waals surface area contributed by atoms with Crippen LogP contribution in [0, 0.1) is 0 Å². The number of benzene rings is 1. The number of likely N-dealkylation sites (N-methyl/N-ethyl adjacent to an activating group) is 1. The summed E-state index contributed by atoms with van der Waals surface area (Å²) in [5.41, 5.74) is 2.49. The maximum absolute atomic E-state index is 12.9. The molecule has 1 saturated heterocycles. The number of fused-ring (bicyclic) bond motifs is 1. The summed E-state index contributed by atoms with van der Waals surface area (Å²) in [7, 11) is 1.72. The molecule has 134 valence electrons. The van der Waals surface area contributed by atoms with Gasteiger partial charge in [0.15, 0.2) is 0 Å². The molecule has 6 nitrogen and oxygen atoms in total. The van der Waals surface area contributed by atoms with Crippen LogP contribution in [-0.2, 0) is 9.53 Å². The van der Waals surface area contributed by atoms with Gasteiger partial charge in [0.25, 0.3) is 5.91 Å². The van der Waals surface area contributed by atoms with Gasteiger partial charge >= 0.3 is 0 Å². The molecule has 2 aliphatic rings. The zero-order chi connectivity index (χ0) is 18.1. The second kappa shape index (κ2) is 6.88. The van der Waals surface area contributed by atoms with Crippen molar-refractivity contribution in [1.82, 2.24) is 9.88 Å². The van der Waals surface area contributed by atoms with Gasteiger partial charge in [0.1, 0.15) is 5.82 Å². The number of rotatable bonds is 3. The molecular weight excluding hydrogens is 330 g/mol. The van der Waals surface area contributed by atoms with Crippen molar-refractivity contribution in [3.63, 3.8) is 0 Å². The van der Waals surface area contributed by atoms with E-state index in [-0.39, 0.29) is 11.8 Å². The average Bonchev–Trinajstić information content (AvgIpc) is 3.20. The van der Waals surface area contributed by atoms with Crippen molar-refractivity contribution < 1.29 is 14.3 Å². The van der Waals surface area contributed by atoms with Crippen LogP contribution < -0.4 is 5.32 Å². The number of nitrogens with zero attached hydrogens (tertiary/aromatic N) is 2. The third-order valence-corrected chi connectivity index (χ3v) is 5.12. The molecule has 1 aromatic heterocycles. The first-order valence-corrected chi connectivity index (χ1v) is 8.82. The number of carbonyl (C=O) groups is 2. The van der Waals surface area contributed by atoms with E-state index in [1.807, 2.05) is 30.3 Å². The van der Waals surface area contributed by atoms with Crippen LogP contribution in [0.1, 0.15) is 39.7 Å². The lowest BCUT2D eigenvalue weighted by Crippen LogP contribution is -2.41. The van der Waals surface area contributed by atoms with E-state index in [4.69, 9.17) is 4.74 Å². The molecule has 0 radical (unpaired) electrons. The molecule has 1 N–H and O–H groups in total. The van der Waals surface area contributed by atoms with Crippen molar-refractivity contribution >= 4 is 17.6 Å². The normalized spacial score (nSPS) is 22.2. The smallest absolute Gasteiger partial charge is 0.253 e. The number of ether oxygens (including phenoxy) is 1. The number of pyridine rings is 1. The Morgan fingerprint density at radius 3 is 2.96 bits per heavy atom. The van der Waals surface area contributed by atoms with Crippen LogP contribution in [0.5, 0.6) is 0 Å². The number of hydrogen-bond donors (Lipinski definition) is 1. The Labute approximate surface area is 152 Å². The number of nitrogens with one attached hydrogen (secondary N) is 1. The minimum atomic E-state index is -0.408. The van der Waals surface area contributed by atoms with Crippen molar-refractivity contribution in [2.24, 2.45) is 0 Å². The number of anilines is 1. The van der Waals surface area contributed by atoms with Gasteiger partial charge in [0.05, 0.1) is 12.5 Å². The summed E-state index contributed by atoms with van der Waals surface area (Å²) in [6.45, 7) is 1.84. The van der Waals surface area contributed by atoms with Crippen LogP contribution in [0.3, 0.4) is 0 Å². The third kappa shape index (κ3) is 3.08. The summed E-state index contributed by atoms with van der Waals surface area (Å²) in [5, 5.41) is 2.92. The Hall–Kier alpha value is -2.73. The van der Waals surface area contributed by atoms with E-state index in [0.717, 1.165) is 24.2 Å². The van der Waals surface area contributed by atoms with Gasteiger partial charge in [-0.15, -0.1) is 0 Å². The van der Waals surface area contributed by atoms with Crippen LogP contribution in [0.4, 0.5) is 5.82 Å². The molecule has 1 fully saturated rings. The van der Waals surface area contributed by atoms with Crippen LogP contribution in [0.15, 0.2) is 42.6 Å². The molecule has 2 aromatic rings. The molecule has 2 unspecified atom stereocenters. The number of carbonyl (C=O) groups excluding carboxylic acids is 2. The maximum Gasteiger partial charge on any atom is 0.253 e. The fourth-order valence-corrected chi connectivity index (χ4v) is 3.66. The first-order valence-electron chi connectivity index (χ1n) is 8.82. The lowest BCUT2D eigenvalue weighted by Gasteiger charge is -2.31. The van der Waals surface area contributed by atoms with Crippen molar-refractivity contribution in [3.05, 3.63) is 59.3 Å². The summed E-state index contributed by atoms with van der Waals surface area (Å²) in [4.78, 5) is 31.1. The van der Waals surface area contributed by atoms with Gasteiger partial charge in [-0.05, 0) is 35.7 Å². The molecular formula is C20H21N3O3. The highest BCUT2D eigenvalue weighted by Crippen LogP contribution is 2.29. The number of aromatic nitrogens is 1. The van der Waals surface area contributed by atoms with E-state index >= 15 is 0 Å². The number of amides is 2. The SMILES string of the molecule is CN1CC(C(=O)Nc2cc(C3CCOC3)ccn2)c2ccccc2C1=O. The fourth-order valence-electron chi connectivity index (χ4n) is 3.66. The topological polar surface area (TPSA) is 71.5 Å². The molecule has 26 heavy (non-hydrogen) atoms. The monoisotopic (exact) mass is 351 g/mol. The molecule has 4 rings (SSSR count). The molecule has 0 spiro atoms. The van der Waals surface area contributed by atoms with Gasteiger partial charge in [0.2, 0.25) is 5.91 Å². The predicted molar refractivity (Wildman–Crippen MR) is 97.2 cm³/mol. The molecule has 3 heterocycles. The molecule has 2 aliphatic heterocycles. The largest absolute Gasteiger partial charge is 0.381 e. The average molecular weight is 351 g/mol. The highest BCUT2D eigenvalue weighted by molar-refractivity contribution is 6.03. The molecule has 1 aromatic carbocycles. The van der Waals surface area contributed by atoms with Crippen LogP contribution in [0.25, 0.3) is 0 Å². The maximum atomic E-state index is 12.9. The van der Waals surface area contributed by atoms with Crippen LogP contribution >= 0.6 is 0 Å². The van der Waals surface area contributed by atoms with E-state index in [0.29, 0.717) is 30.5 Å². The molecule has 0 aliphatic carbocycles. The number of hydrogen-bond acceptors (Lipinski definition) is 4. The van der Waals surface area contributed by atoms with Crippen molar-refractivity contribution in [2.75, 3.05) is 32.1 Å². The fraction of sp³-hybridized carbons (Fsp3) is 0.350. The standard InChI is InChI=1S/C20H21N3O3/c1-23-11-17(15-4-2-3-5-16(15)20(23)25)19(24)22-18-10-13(6-8-21-18)14-7-9-26-12-14/h2-6,8,10,14,17H,7,9,11-12H2,1H3,(H,21,22,24). The van der Waals surface area contributed by atoms with Crippen LogP contribution in [0.2, 0.25) is 0 Å². The second-order valence-corrected chi connectivity index (χ2v) is 6.85. The van der Waals surface area contributed by atoms with Gasteiger partial charge in [-0.1, -0.05) is 18.2 Å². The van der Waals surface area contributed by atoms with Gasteiger partial charge in [-0.3, -0.25) is 9.59 Å². The van der Waals surface area contributed by atoms with Crippen molar-refractivity contribution in [1.29, 1.82) is 0 Å². The van der Waals surface area contributed by atoms with Gasteiger partial charge < -0.3 is 15.0 Å². The minimum absolute atomic E-state index is 0.0500. The molecule has 2 amide bonds. The first kappa shape index (κ1) is 16.7. The third-order valence-electron chi connectivity index (χ3n) is 5.12.